The van der Waals surface area contributed by atoms with Crippen molar-refractivity contribution in [2.24, 2.45) is 10.4 Å². The number of nitrogens with zero attached hydrogens (tertiary/aromatic N) is 2. The van der Waals surface area contributed by atoms with Crippen molar-refractivity contribution >= 4 is 11.9 Å². The highest BCUT2D eigenvalue weighted by Gasteiger charge is 2.30. The third kappa shape index (κ3) is 5.80. The van der Waals surface area contributed by atoms with Crippen molar-refractivity contribution in [3.8, 4) is 0 Å². The summed E-state index contributed by atoms with van der Waals surface area (Å²) in [7, 11) is 0. The average molecular weight is 282 g/mol. The highest BCUT2D eigenvalue weighted by molar-refractivity contribution is 5.85. The Labute approximate surface area is 123 Å². The summed E-state index contributed by atoms with van der Waals surface area (Å²) in [5.74, 6) is 0.813. The van der Waals surface area contributed by atoms with E-state index in [1.807, 2.05) is 27.7 Å². The van der Waals surface area contributed by atoms with Crippen molar-refractivity contribution in [2.75, 3.05) is 26.2 Å². The number of rotatable bonds is 3. The van der Waals surface area contributed by atoms with Crippen molar-refractivity contribution in [3.05, 3.63) is 0 Å². The standard InChI is InChI=1S/C15H30N4O/c1-7-16-13(19-9-8-15(5,6)11-19)17-10-12(20)18-14(2,3)4/h7-11H2,1-6H3,(H,16,17)(H,18,20). The van der Waals surface area contributed by atoms with Crippen molar-refractivity contribution in [1.82, 2.24) is 15.5 Å². The van der Waals surface area contributed by atoms with Crippen LogP contribution in [-0.2, 0) is 4.79 Å². The van der Waals surface area contributed by atoms with Gasteiger partial charge in [-0.2, -0.15) is 0 Å². The summed E-state index contributed by atoms with van der Waals surface area (Å²) < 4.78 is 0. The summed E-state index contributed by atoms with van der Waals surface area (Å²) in [5, 5.41) is 6.21. The monoisotopic (exact) mass is 282 g/mol. The van der Waals surface area contributed by atoms with Gasteiger partial charge in [-0.1, -0.05) is 13.8 Å². The Bertz CT molecular complexity index is 369. The fourth-order valence-electron chi connectivity index (χ4n) is 2.32. The number of hydrogen-bond acceptors (Lipinski definition) is 2. The molecule has 20 heavy (non-hydrogen) atoms. The number of hydrogen-bond donors (Lipinski definition) is 2. The molecule has 0 saturated carbocycles. The lowest BCUT2D eigenvalue weighted by Gasteiger charge is -2.24. The number of likely N-dealkylation sites (tertiary alicyclic amines) is 1. The lowest BCUT2D eigenvalue weighted by Crippen LogP contribution is -2.44. The minimum absolute atomic E-state index is 0.0358. The molecule has 0 atom stereocenters. The van der Waals surface area contributed by atoms with Crippen LogP contribution in [0.4, 0.5) is 0 Å². The van der Waals surface area contributed by atoms with E-state index in [0.29, 0.717) is 5.41 Å². The fraction of sp³-hybridized carbons (Fsp3) is 0.867. The van der Waals surface area contributed by atoms with Crippen LogP contribution in [0.15, 0.2) is 4.99 Å². The van der Waals surface area contributed by atoms with E-state index < -0.39 is 0 Å². The molecule has 1 fully saturated rings. The second kappa shape index (κ2) is 6.46. The van der Waals surface area contributed by atoms with Crippen LogP contribution in [0.3, 0.4) is 0 Å². The van der Waals surface area contributed by atoms with Crippen LogP contribution in [0.5, 0.6) is 0 Å². The predicted molar refractivity (Wildman–Crippen MR) is 83.8 cm³/mol. The molecule has 116 valence electrons. The first-order valence-electron chi connectivity index (χ1n) is 7.47. The van der Waals surface area contributed by atoms with Crippen LogP contribution >= 0.6 is 0 Å². The normalized spacial score (nSPS) is 19.1. The molecule has 1 aliphatic heterocycles. The molecule has 0 aromatic carbocycles. The third-order valence-electron chi connectivity index (χ3n) is 3.20. The smallest absolute Gasteiger partial charge is 0.242 e. The Kier molecular flexibility index (Phi) is 5.42. The van der Waals surface area contributed by atoms with Crippen molar-refractivity contribution in [2.45, 2.75) is 53.5 Å². The van der Waals surface area contributed by atoms with E-state index in [-0.39, 0.29) is 18.0 Å². The number of carbonyl (C=O) groups excluding carboxylic acids is 1. The Balaban J connectivity index is 2.62. The zero-order chi connectivity index (χ0) is 15.4. The van der Waals surface area contributed by atoms with E-state index in [1.165, 1.54) is 0 Å². The van der Waals surface area contributed by atoms with Crippen molar-refractivity contribution < 1.29 is 4.79 Å². The molecule has 0 bridgehead atoms. The van der Waals surface area contributed by atoms with Gasteiger partial charge in [0, 0.05) is 25.2 Å². The summed E-state index contributed by atoms with van der Waals surface area (Å²) in [6.07, 6.45) is 1.16. The quantitative estimate of drug-likeness (QED) is 0.610. The minimum atomic E-state index is -0.208. The van der Waals surface area contributed by atoms with Gasteiger partial charge in [0.15, 0.2) is 5.96 Å². The summed E-state index contributed by atoms with van der Waals surface area (Å²) in [6, 6.07) is 0. The fourth-order valence-corrected chi connectivity index (χ4v) is 2.32. The summed E-state index contributed by atoms with van der Waals surface area (Å²) >= 11 is 0. The zero-order valence-corrected chi connectivity index (χ0v) is 13.8. The maximum atomic E-state index is 11.8. The van der Waals surface area contributed by atoms with Crippen LogP contribution in [-0.4, -0.2) is 48.5 Å². The SMILES string of the molecule is CCNC(=NCC(=O)NC(C)(C)C)N1CCC(C)(C)C1. The van der Waals surface area contributed by atoms with Gasteiger partial charge in [0.05, 0.1) is 0 Å². The van der Waals surface area contributed by atoms with E-state index in [0.717, 1.165) is 32.0 Å². The molecular weight excluding hydrogens is 252 g/mol. The maximum Gasteiger partial charge on any atom is 0.242 e. The van der Waals surface area contributed by atoms with Gasteiger partial charge in [-0.05, 0) is 39.5 Å². The van der Waals surface area contributed by atoms with E-state index in [2.05, 4.69) is 34.4 Å². The van der Waals surface area contributed by atoms with Gasteiger partial charge in [-0.3, -0.25) is 4.79 Å². The molecule has 0 spiro atoms. The molecule has 0 aliphatic carbocycles. The number of guanidine groups is 1. The van der Waals surface area contributed by atoms with Crippen LogP contribution in [0.25, 0.3) is 0 Å². The summed E-state index contributed by atoms with van der Waals surface area (Å²) in [4.78, 5) is 18.6. The summed E-state index contributed by atoms with van der Waals surface area (Å²) in [5.41, 5.74) is 0.116. The molecule has 1 saturated heterocycles. The second-order valence-electron chi connectivity index (χ2n) is 7.30. The van der Waals surface area contributed by atoms with Gasteiger partial charge < -0.3 is 15.5 Å². The molecule has 1 heterocycles. The Hall–Kier alpha value is -1.26. The Morgan fingerprint density at radius 3 is 2.45 bits per heavy atom. The third-order valence-corrected chi connectivity index (χ3v) is 3.20. The first-order valence-corrected chi connectivity index (χ1v) is 7.47. The van der Waals surface area contributed by atoms with Crippen LogP contribution < -0.4 is 10.6 Å². The van der Waals surface area contributed by atoms with Gasteiger partial charge >= 0.3 is 0 Å². The van der Waals surface area contributed by atoms with Crippen LogP contribution in [0.2, 0.25) is 0 Å². The first-order chi connectivity index (χ1) is 9.13. The Morgan fingerprint density at radius 1 is 1.35 bits per heavy atom. The minimum Gasteiger partial charge on any atom is -0.357 e. The molecule has 0 radical (unpaired) electrons. The van der Waals surface area contributed by atoms with Gasteiger partial charge in [0.2, 0.25) is 5.91 Å². The highest BCUT2D eigenvalue weighted by Crippen LogP contribution is 2.28. The first kappa shape index (κ1) is 16.8. The maximum absolute atomic E-state index is 11.8. The Morgan fingerprint density at radius 2 is 2.00 bits per heavy atom. The molecule has 1 amide bonds. The summed E-state index contributed by atoms with van der Waals surface area (Å²) in [6.45, 7) is 15.5. The van der Waals surface area contributed by atoms with Crippen molar-refractivity contribution in [3.63, 3.8) is 0 Å². The molecule has 1 rings (SSSR count). The predicted octanol–water partition coefficient (Wildman–Crippen LogP) is 1.60. The van der Waals surface area contributed by atoms with Crippen molar-refractivity contribution in [1.29, 1.82) is 0 Å². The van der Waals surface area contributed by atoms with E-state index >= 15 is 0 Å². The molecular formula is C15H30N4O. The lowest BCUT2D eigenvalue weighted by atomic mass is 9.93. The number of aliphatic imine (C=N–C) groups is 1. The van der Waals surface area contributed by atoms with Crippen LogP contribution in [0, 0.1) is 5.41 Å². The molecule has 2 N–H and O–H groups in total. The van der Waals surface area contributed by atoms with E-state index in [4.69, 9.17) is 0 Å². The lowest BCUT2D eigenvalue weighted by molar-refractivity contribution is -0.121. The van der Waals surface area contributed by atoms with E-state index in [9.17, 15) is 4.79 Å². The topological polar surface area (TPSA) is 56.7 Å². The molecule has 5 heteroatoms. The number of nitrogens with one attached hydrogen (secondary N) is 2. The molecule has 5 nitrogen and oxygen atoms in total. The van der Waals surface area contributed by atoms with E-state index in [1.54, 1.807) is 0 Å². The second-order valence-corrected chi connectivity index (χ2v) is 7.30. The highest BCUT2D eigenvalue weighted by atomic mass is 16.2. The van der Waals surface area contributed by atoms with Crippen LogP contribution in [0.1, 0.15) is 48.0 Å². The number of carbonyl (C=O) groups is 1. The molecule has 1 aliphatic rings. The number of amides is 1. The molecule has 0 aromatic heterocycles. The molecule has 0 aromatic rings. The van der Waals surface area contributed by atoms with Gasteiger partial charge in [0.25, 0.3) is 0 Å². The van der Waals surface area contributed by atoms with Gasteiger partial charge in [-0.25, -0.2) is 4.99 Å². The molecule has 0 unspecified atom stereocenters. The van der Waals surface area contributed by atoms with Gasteiger partial charge in [0.1, 0.15) is 6.54 Å². The average Bonchev–Trinajstić information content (AvgIpc) is 2.62. The zero-order valence-electron chi connectivity index (χ0n) is 13.8. The largest absolute Gasteiger partial charge is 0.357 e. The van der Waals surface area contributed by atoms with Gasteiger partial charge in [-0.15, -0.1) is 0 Å².